The van der Waals surface area contributed by atoms with Gasteiger partial charge in [-0.05, 0) is 24.3 Å². The normalized spacial score (nSPS) is 33.1. The number of sulfone groups is 1. The summed E-state index contributed by atoms with van der Waals surface area (Å²) < 4.78 is 22.2. The maximum atomic E-state index is 11.1. The highest BCUT2D eigenvalue weighted by Crippen LogP contribution is 2.31. The van der Waals surface area contributed by atoms with E-state index in [9.17, 15) is 8.42 Å². The molecular formula is C8H10O2S. The van der Waals surface area contributed by atoms with Crippen LogP contribution < -0.4 is 0 Å². The molecule has 0 aromatic carbocycles. The van der Waals surface area contributed by atoms with E-state index in [-0.39, 0.29) is 0 Å². The lowest BCUT2D eigenvalue weighted by molar-refractivity contribution is 0.584. The molecule has 1 atom stereocenters. The summed E-state index contributed by atoms with van der Waals surface area (Å²) in [6.07, 6.45) is 6.01. The number of hydrogen-bond acceptors (Lipinski definition) is 2. The first-order chi connectivity index (χ1) is 5.17. The van der Waals surface area contributed by atoms with Crippen molar-refractivity contribution in [2.75, 3.05) is 5.75 Å². The van der Waals surface area contributed by atoms with Gasteiger partial charge in [0, 0.05) is 5.41 Å². The Hall–Kier alpha value is -0.570. The lowest BCUT2D eigenvalue weighted by Gasteiger charge is -2.12. The lowest BCUT2D eigenvalue weighted by Crippen LogP contribution is -2.08. The molecule has 0 saturated carbocycles. The smallest absolute Gasteiger partial charge is 0.172 e. The predicted octanol–water partition coefficient (Wildman–Crippen LogP) is 1.26. The standard InChI is InChI=1S/C8H10O2S/c9-11(10)5-7-3-1-2-4-8(7)6-11/h1,3,5,8H,2,4,6H2/t8-/m1/s1. The Bertz CT molecular complexity index is 322. The topological polar surface area (TPSA) is 34.1 Å². The number of fused-ring (bicyclic) bond motifs is 1. The van der Waals surface area contributed by atoms with E-state index in [1.807, 2.05) is 12.2 Å². The van der Waals surface area contributed by atoms with Gasteiger partial charge in [0.1, 0.15) is 0 Å². The number of rotatable bonds is 0. The third-order valence-corrected chi connectivity index (χ3v) is 3.71. The number of allylic oxidation sites excluding steroid dienone is 3. The molecule has 1 heterocycles. The Labute approximate surface area is 66.5 Å². The van der Waals surface area contributed by atoms with Crippen LogP contribution in [0.5, 0.6) is 0 Å². The summed E-state index contributed by atoms with van der Waals surface area (Å²) >= 11 is 0. The molecule has 0 radical (unpaired) electrons. The largest absolute Gasteiger partial charge is 0.224 e. The molecule has 2 rings (SSSR count). The second-order valence-corrected chi connectivity index (χ2v) is 5.02. The molecule has 0 amide bonds. The van der Waals surface area contributed by atoms with E-state index in [1.165, 1.54) is 5.41 Å². The van der Waals surface area contributed by atoms with Gasteiger partial charge in [-0.25, -0.2) is 8.42 Å². The highest BCUT2D eigenvalue weighted by Gasteiger charge is 2.28. The van der Waals surface area contributed by atoms with Crippen LogP contribution in [0.2, 0.25) is 0 Å². The summed E-state index contributed by atoms with van der Waals surface area (Å²) in [5, 5.41) is 1.42. The van der Waals surface area contributed by atoms with Crippen molar-refractivity contribution in [1.82, 2.24) is 0 Å². The van der Waals surface area contributed by atoms with E-state index >= 15 is 0 Å². The molecule has 0 unspecified atom stereocenters. The Morgan fingerprint density at radius 2 is 2.27 bits per heavy atom. The van der Waals surface area contributed by atoms with Gasteiger partial charge in [0.2, 0.25) is 0 Å². The predicted molar refractivity (Wildman–Crippen MR) is 43.7 cm³/mol. The fourth-order valence-electron chi connectivity index (χ4n) is 1.67. The molecular weight excluding hydrogens is 160 g/mol. The second kappa shape index (κ2) is 2.21. The van der Waals surface area contributed by atoms with Gasteiger partial charge in [0.15, 0.2) is 9.84 Å². The molecule has 0 aromatic heterocycles. The van der Waals surface area contributed by atoms with Crippen LogP contribution in [-0.4, -0.2) is 14.2 Å². The summed E-state index contributed by atoms with van der Waals surface area (Å²) in [6.45, 7) is 0. The molecule has 1 aliphatic heterocycles. The molecule has 60 valence electrons. The summed E-state index contributed by atoms with van der Waals surface area (Å²) in [7, 11) is -2.84. The van der Waals surface area contributed by atoms with Crippen LogP contribution in [0.1, 0.15) is 12.8 Å². The quantitative estimate of drug-likeness (QED) is 0.548. The molecule has 2 aliphatic rings. The zero-order valence-electron chi connectivity index (χ0n) is 6.16. The molecule has 0 saturated heterocycles. The Morgan fingerprint density at radius 3 is 3.00 bits per heavy atom. The van der Waals surface area contributed by atoms with Crippen molar-refractivity contribution >= 4 is 9.84 Å². The summed E-state index contributed by atoms with van der Waals surface area (Å²) in [5.41, 5.74) is 1.01. The Morgan fingerprint density at radius 1 is 1.45 bits per heavy atom. The molecule has 0 spiro atoms. The molecule has 1 aliphatic carbocycles. The lowest BCUT2D eigenvalue weighted by atomic mass is 9.92. The fourth-order valence-corrected chi connectivity index (χ4v) is 3.37. The average Bonchev–Trinajstić information content (AvgIpc) is 2.21. The number of hydrogen-bond donors (Lipinski definition) is 0. The zero-order valence-corrected chi connectivity index (χ0v) is 6.97. The van der Waals surface area contributed by atoms with Crippen LogP contribution in [0.3, 0.4) is 0 Å². The molecule has 2 nitrogen and oxygen atoms in total. The minimum atomic E-state index is -2.84. The first-order valence-electron chi connectivity index (χ1n) is 3.78. The van der Waals surface area contributed by atoms with Crippen LogP contribution in [0.4, 0.5) is 0 Å². The zero-order chi connectivity index (χ0) is 7.90. The average molecular weight is 170 g/mol. The summed E-state index contributed by atoms with van der Waals surface area (Å²) in [4.78, 5) is 0. The minimum Gasteiger partial charge on any atom is -0.224 e. The van der Waals surface area contributed by atoms with E-state index in [2.05, 4.69) is 0 Å². The van der Waals surface area contributed by atoms with E-state index in [4.69, 9.17) is 0 Å². The van der Waals surface area contributed by atoms with Gasteiger partial charge in [-0.2, -0.15) is 0 Å². The van der Waals surface area contributed by atoms with E-state index in [0.29, 0.717) is 11.7 Å². The summed E-state index contributed by atoms with van der Waals surface area (Å²) in [5.74, 6) is 0.636. The Balaban J connectivity index is 2.41. The second-order valence-electron chi connectivity index (χ2n) is 3.12. The molecule has 11 heavy (non-hydrogen) atoms. The van der Waals surface area contributed by atoms with Gasteiger partial charge >= 0.3 is 0 Å². The summed E-state index contributed by atoms with van der Waals surface area (Å²) in [6, 6.07) is 0. The van der Waals surface area contributed by atoms with Crippen molar-refractivity contribution in [1.29, 1.82) is 0 Å². The van der Waals surface area contributed by atoms with Gasteiger partial charge in [-0.15, -0.1) is 0 Å². The highest BCUT2D eigenvalue weighted by atomic mass is 32.2. The first-order valence-corrected chi connectivity index (χ1v) is 5.50. The highest BCUT2D eigenvalue weighted by molar-refractivity contribution is 7.94. The van der Waals surface area contributed by atoms with Crippen molar-refractivity contribution in [2.45, 2.75) is 12.8 Å². The van der Waals surface area contributed by atoms with Crippen LogP contribution in [-0.2, 0) is 9.84 Å². The van der Waals surface area contributed by atoms with E-state index < -0.39 is 9.84 Å². The molecule has 3 heteroatoms. The van der Waals surface area contributed by atoms with Crippen molar-refractivity contribution in [3.05, 3.63) is 23.1 Å². The van der Waals surface area contributed by atoms with Crippen molar-refractivity contribution < 1.29 is 8.42 Å². The third kappa shape index (κ3) is 1.25. The van der Waals surface area contributed by atoms with Gasteiger partial charge in [-0.3, -0.25) is 0 Å². The van der Waals surface area contributed by atoms with Crippen LogP contribution >= 0.6 is 0 Å². The third-order valence-electron chi connectivity index (χ3n) is 2.21. The molecule has 0 N–H and O–H groups in total. The van der Waals surface area contributed by atoms with Crippen molar-refractivity contribution in [2.24, 2.45) is 5.92 Å². The van der Waals surface area contributed by atoms with Crippen molar-refractivity contribution in [3.8, 4) is 0 Å². The first kappa shape index (κ1) is 7.10. The van der Waals surface area contributed by atoms with Crippen LogP contribution in [0.15, 0.2) is 23.1 Å². The fraction of sp³-hybridized carbons (Fsp3) is 0.500. The van der Waals surface area contributed by atoms with E-state index in [0.717, 1.165) is 18.4 Å². The maximum absolute atomic E-state index is 11.1. The maximum Gasteiger partial charge on any atom is 0.172 e. The van der Waals surface area contributed by atoms with Gasteiger partial charge < -0.3 is 0 Å². The van der Waals surface area contributed by atoms with Crippen LogP contribution in [0.25, 0.3) is 0 Å². The molecule has 0 fully saturated rings. The SMILES string of the molecule is O=S1(=O)C=C2C=CCC[C@@H]2C1. The van der Waals surface area contributed by atoms with Crippen LogP contribution in [0, 0.1) is 5.92 Å². The van der Waals surface area contributed by atoms with Gasteiger partial charge in [0.25, 0.3) is 0 Å². The van der Waals surface area contributed by atoms with Gasteiger partial charge in [-0.1, -0.05) is 12.2 Å². The molecule has 0 aromatic rings. The van der Waals surface area contributed by atoms with Crippen molar-refractivity contribution in [3.63, 3.8) is 0 Å². The monoisotopic (exact) mass is 170 g/mol. The van der Waals surface area contributed by atoms with Gasteiger partial charge in [0.05, 0.1) is 5.75 Å². The molecule has 0 bridgehead atoms. The Kier molecular flexibility index (Phi) is 1.42. The van der Waals surface area contributed by atoms with E-state index in [1.54, 1.807) is 0 Å². The minimum absolute atomic E-state index is 0.296.